The Labute approximate surface area is 160 Å². The average Bonchev–Trinajstić information content (AvgIpc) is 2.54. The number of hydrogen-bond donors (Lipinski definition) is 3. The molecule has 0 aromatic carbocycles. The standard InChI is InChI=1S/C17H33N3O5S/c1-6-7-14(22)19(4)13(11-26-9-8-21)16(24)20(5)12(15(18)23)10-17(2,3)25/h12-13,21,25H,6-11H2,1-5H3,(H2,18,23)/t12-,13+/m0/s1. The molecule has 0 rings (SSSR count). The van der Waals surface area contributed by atoms with E-state index in [2.05, 4.69) is 0 Å². The number of thioether (sulfide) groups is 1. The highest BCUT2D eigenvalue weighted by Crippen LogP contribution is 2.18. The second-order valence-corrected chi connectivity index (χ2v) is 8.10. The van der Waals surface area contributed by atoms with Gasteiger partial charge in [-0.1, -0.05) is 6.92 Å². The lowest BCUT2D eigenvalue weighted by Gasteiger charge is -2.35. The molecule has 0 aromatic heterocycles. The van der Waals surface area contributed by atoms with Crippen LogP contribution in [-0.4, -0.2) is 87.6 Å². The number of carbonyl (C=O) groups excluding carboxylic acids is 3. The molecule has 0 saturated carbocycles. The van der Waals surface area contributed by atoms with Crippen LogP contribution in [0.4, 0.5) is 0 Å². The topological polar surface area (TPSA) is 124 Å². The van der Waals surface area contributed by atoms with Gasteiger partial charge in [-0.3, -0.25) is 14.4 Å². The number of rotatable bonds is 12. The monoisotopic (exact) mass is 391 g/mol. The van der Waals surface area contributed by atoms with Crippen LogP contribution in [0.15, 0.2) is 0 Å². The summed E-state index contributed by atoms with van der Waals surface area (Å²) in [6, 6.07) is -1.76. The highest BCUT2D eigenvalue weighted by atomic mass is 32.2. The maximum atomic E-state index is 13.0. The second-order valence-electron chi connectivity index (χ2n) is 6.95. The first-order chi connectivity index (χ1) is 12.0. The predicted molar refractivity (Wildman–Crippen MR) is 103 cm³/mol. The molecule has 3 amide bonds. The minimum absolute atomic E-state index is 0.00625. The van der Waals surface area contributed by atoms with Crippen molar-refractivity contribution >= 4 is 29.5 Å². The minimum Gasteiger partial charge on any atom is -0.396 e. The molecule has 0 spiro atoms. The lowest BCUT2D eigenvalue weighted by Crippen LogP contribution is -2.56. The number of amides is 3. The van der Waals surface area contributed by atoms with Gasteiger partial charge in [-0.05, 0) is 20.3 Å². The second kappa shape index (κ2) is 11.4. The number of primary amides is 1. The van der Waals surface area contributed by atoms with Crippen molar-refractivity contribution in [1.82, 2.24) is 9.80 Å². The lowest BCUT2D eigenvalue weighted by atomic mass is 9.97. The van der Waals surface area contributed by atoms with Crippen LogP contribution in [-0.2, 0) is 14.4 Å². The first kappa shape index (κ1) is 24.7. The van der Waals surface area contributed by atoms with Crippen molar-refractivity contribution in [3.05, 3.63) is 0 Å². The van der Waals surface area contributed by atoms with Gasteiger partial charge >= 0.3 is 0 Å². The summed E-state index contributed by atoms with van der Waals surface area (Å²) in [6.07, 6.45) is 0.970. The van der Waals surface area contributed by atoms with Crippen molar-refractivity contribution in [3.8, 4) is 0 Å². The molecule has 0 saturated heterocycles. The smallest absolute Gasteiger partial charge is 0.246 e. The van der Waals surface area contributed by atoms with Crippen LogP contribution in [0.3, 0.4) is 0 Å². The van der Waals surface area contributed by atoms with Gasteiger partial charge in [0, 0.05) is 38.4 Å². The zero-order chi connectivity index (χ0) is 20.5. The Morgan fingerprint density at radius 1 is 1.15 bits per heavy atom. The molecule has 0 unspecified atom stereocenters. The fourth-order valence-electron chi connectivity index (χ4n) is 2.46. The molecule has 152 valence electrons. The maximum absolute atomic E-state index is 13.0. The summed E-state index contributed by atoms with van der Waals surface area (Å²) >= 11 is 1.35. The number of aliphatic hydroxyl groups excluding tert-OH is 1. The van der Waals surface area contributed by atoms with E-state index in [0.717, 1.165) is 0 Å². The van der Waals surface area contributed by atoms with Gasteiger partial charge < -0.3 is 25.7 Å². The van der Waals surface area contributed by atoms with Gasteiger partial charge in [0.25, 0.3) is 0 Å². The molecule has 0 bridgehead atoms. The molecule has 8 nitrogen and oxygen atoms in total. The van der Waals surface area contributed by atoms with Crippen LogP contribution < -0.4 is 5.73 Å². The van der Waals surface area contributed by atoms with Gasteiger partial charge in [0.1, 0.15) is 12.1 Å². The van der Waals surface area contributed by atoms with Crippen LogP contribution in [0, 0.1) is 0 Å². The quantitative estimate of drug-likeness (QED) is 0.396. The van der Waals surface area contributed by atoms with E-state index >= 15 is 0 Å². The fourth-order valence-corrected chi connectivity index (χ4v) is 3.35. The summed E-state index contributed by atoms with van der Waals surface area (Å²) < 4.78 is 0. The Morgan fingerprint density at radius 3 is 2.15 bits per heavy atom. The fraction of sp³-hybridized carbons (Fsp3) is 0.824. The van der Waals surface area contributed by atoms with Crippen LogP contribution >= 0.6 is 11.8 Å². The van der Waals surface area contributed by atoms with Gasteiger partial charge in [0.05, 0.1) is 12.2 Å². The van der Waals surface area contributed by atoms with E-state index in [-0.39, 0.29) is 18.9 Å². The van der Waals surface area contributed by atoms with E-state index in [4.69, 9.17) is 10.8 Å². The highest BCUT2D eigenvalue weighted by molar-refractivity contribution is 7.99. The number of hydrogen-bond acceptors (Lipinski definition) is 6. The van der Waals surface area contributed by atoms with Crippen LogP contribution in [0.2, 0.25) is 0 Å². The Hall–Kier alpha value is -1.32. The molecular formula is C17H33N3O5S. The van der Waals surface area contributed by atoms with Crippen molar-refractivity contribution in [1.29, 1.82) is 0 Å². The summed E-state index contributed by atoms with van der Waals surface area (Å²) in [4.78, 5) is 39.6. The largest absolute Gasteiger partial charge is 0.396 e. The summed E-state index contributed by atoms with van der Waals surface area (Å²) in [7, 11) is 3.01. The van der Waals surface area contributed by atoms with Crippen LogP contribution in [0.5, 0.6) is 0 Å². The molecule has 9 heteroatoms. The van der Waals surface area contributed by atoms with Crippen molar-refractivity contribution in [3.63, 3.8) is 0 Å². The van der Waals surface area contributed by atoms with E-state index in [9.17, 15) is 19.5 Å². The number of carbonyl (C=O) groups is 3. The molecule has 0 fully saturated rings. The molecule has 0 aliphatic rings. The highest BCUT2D eigenvalue weighted by Gasteiger charge is 2.36. The van der Waals surface area contributed by atoms with Crippen molar-refractivity contribution in [2.24, 2.45) is 5.73 Å². The van der Waals surface area contributed by atoms with Crippen molar-refractivity contribution in [2.45, 2.75) is 57.7 Å². The van der Waals surface area contributed by atoms with E-state index < -0.39 is 29.5 Å². The zero-order valence-electron chi connectivity index (χ0n) is 16.4. The maximum Gasteiger partial charge on any atom is 0.246 e. The third-order valence-electron chi connectivity index (χ3n) is 3.96. The van der Waals surface area contributed by atoms with Gasteiger partial charge in [-0.25, -0.2) is 0 Å². The van der Waals surface area contributed by atoms with Crippen molar-refractivity contribution in [2.75, 3.05) is 32.2 Å². The van der Waals surface area contributed by atoms with Gasteiger partial charge in [0.15, 0.2) is 0 Å². The SMILES string of the molecule is CCCC(=O)N(C)[C@H](CSCCO)C(=O)N(C)[C@@H](CC(C)(C)O)C(N)=O. The number of aliphatic hydroxyl groups is 2. The molecular weight excluding hydrogens is 358 g/mol. The molecule has 0 aromatic rings. The molecule has 4 N–H and O–H groups in total. The first-order valence-electron chi connectivity index (χ1n) is 8.68. The lowest BCUT2D eigenvalue weighted by molar-refractivity contribution is -0.147. The Kier molecular flexibility index (Phi) is 10.8. The summed E-state index contributed by atoms with van der Waals surface area (Å²) in [5, 5.41) is 19.0. The van der Waals surface area contributed by atoms with E-state index in [0.29, 0.717) is 24.3 Å². The van der Waals surface area contributed by atoms with Crippen molar-refractivity contribution < 1.29 is 24.6 Å². The van der Waals surface area contributed by atoms with E-state index in [1.54, 1.807) is 7.05 Å². The van der Waals surface area contributed by atoms with Gasteiger partial charge in [0.2, 0.25) is 17.7 Å². The molecule has 0 aliphatic carbocycles. The Balaban J connectivity index is 5.44. The number of nitrogens with two attached hydrogens (primary N) is 1. The Morgan fingerprint density at radius 2 is 1.73 bits per heavy atom. The summed E-state index contributed by atoms with van der Waals surface area (Å²) in [6.45, 7) is 4.91. The van der Waals surface area contributed by atoms with Gasteiger partial charge in [-0.2, -0.15) is 11.8 Å². The molecule has 0 heterocycles. The molecule has 0 radical (unpaired) electrons. The molecule has 2 atom stereocenters. The van der Waals surface area contributed by atoms with E-state index in [1.165, 1.54) is 42.5 Å². The average molecular weight is 392 g/mol. The van der Waals surface area contributed by atoms with E-state index in [1.807, 2.05) is 6.92 Å². The molecule has 26 heavy (non-hydrogen) atoms. The molecule has 0 aliphatic heterocycles. The summed E-state index contributed by atoms with van der Waals surface area (Å²) in [5.74, 6) is -0.569. The van der Waals surface area contributed by atoms with Crippen LogP contribution in [0.1, 0.15) is 40.0 Å². The summed E-state index contributed by atoms with van der Waals surface area (Å²) in [5.41, 5.74) is 4.24. The minimum atomic E-state index is -1.18. The number of nitrogens with zero attached hydrogens (tertiary/aromatic N) is 2. The van der Waals surface area contributed by atoms with Gasteiger partial charge in [-0.15, -0.1) is 0 Å². The number of likely N-dealkylation sites (N-methyl/N-ethyl adjacent to an activating group) is 2. The van der Waals surface area contributed by atoms with Crippen LogP contribution in [0.25, 0.3) is 0 Å². The first-order valence-corrected chi connectivity index (χ1v) is 9.84. The third-order valence-corrected chi connectivity index (χ3v) is 4.98. The normalized spacial score (nSPS) is 13.8. The predicted octanol–water partition coefficient (Wildman–Crippen LogP) is -0.188. The third kappa shape index (κ3) is 8.37. The Bertz CT molecular complexity index is 482. The zero-order valence-corrected chi connectivity index (χ0v) is 17.2.